The Kier molecular flexibility index (Phi) is 4.49. The average molecular weight is 295 g/mol. The van der Waals surface area contributed by atoms with Crippen LogP contribution in [0.15, 0.2) is 18.2 Å². The first-order chi connectivity index (χ1) is 9.78. The molecule has 2 fully saturated rings. The zero-order valence-corrected chi connectivity index (χ0v) is 12.8. The van der Waals surface area contributed by atoms with E-state index in [2.05, 4.69) is 22.3 Å². The van der Waals surface area contributed by atoms with Gasteiger partial charge in [0.15, 0.2) is 0 Å². The van der Waals surface area contributed by atoms with Crippen molar-refractivity contribution >= 4 is 17.3 Å². The number of hydrogen-bond acceptors (Lipinski definition) is 3. The predicted molar refractivity (Wildman–Crippen MR) is 83.6 cm³/mol. The first-order valence-electron chi connectivity index (χ1n) is 7.56. The van der Waals surface area contributed by atoms with Gasteiger partial charge in [-0.05, 0) is 37.8 Å². The maximum absolute atomic E-state index is 6.42. The van der Waals surface area contributed by atoms with E-state index in [4.69, 9.17) is 16.3 Å². The Morgan fingerprint density at radius 3 is 2.95 bits per heavy atom. The molecule has 1 aliphatic carbocycles. The van der Waals surface area contributed by atoms with Gasteiger partial charge >= 0.3 is 0 Å². The van der Waals surface area contributed by atoms with Crippen LogP contribution in [-0.2, 0) is 11.3 Å². The van der Waals surface area contributed by atoms with Crippen LogP contribution in [0.1, 0.15) is 31.2 Å². The zero-order chi connectivity index (χ0) is 13.9. The van der Waals surface area contributed by atoms with E-state index in [0.29, 0.717) is 12.1 Å². The van der Waals surface area contributed by atoms with E-state index >= 15 is 0 Å². The quantitative estimate of drug-likeness (QED) is 0.902. The highest BCUT2D eigenvalue weighted by atomic mass is 35.5. The summed E-state index contributed by atoms with van der Waals surface area (Å²) >= 11 is 6.42. The van der Waals surface area contributed by atoms with E-state index < -0.39 is 0 Å². The molecule has 1 heterocycles. The smallest absolute Gasteiger partial charge is 0.0746 e. The van der Waals surface area contributed by atoms with Gasteiger partial charge in [0.2, 0.25) is 0 Å². The zero-order valence-electron chi connectivity index (χ0n) is 12.1. The number of hydrogen-bond donors (Lipinski definition) is 1. The van der Waals surface area contributed by atoms with Crippen molar-refractivity contribution in [3.05, 3.63) is 28.8 Å². The molecule has 2 aliphatic rings. The number of piperidine rings is 1. The van der Waals surface area contributed by atoms with Gasteiger partial charge in [-0.15, -0.1) is 0 Å². The fraction of sp³-hybridized carbons (Fsp3) is 0.625. The van der Waals surface area contributed by atoms with Crippen molar-refractivity contribution in [2.24, 2.45) is 0 Å². The maximum atomic E-state index is 6.42. The second-order valence-electron chi connectivity index (χ2n) is 5.84. The van der Waals surface area contributed by atoms with Gasteiger partial charge in [-0.1, -0.05) is 17.7 Å². The first kappa shape index (κ1) is 14.2. The molecule has 0 spiro atoms. The van der Waals surface area contributed by atoms with E-state index in [1.807, 2.05) is 13.2 Å². The highest BCUT2D eigenvalue weighted by molar-refractivity contribution is 6.31. The van der Waals surface area contributed by atoms with E-state index in [1.165, 1.54) is 30.5 Å². The lowest BCUT2D eigenvalue weighted by molar-refractivity contribution is 0.0893. The Bertz CT molecular complexity index is 462. The number of nitrogens with one attached hydrogen (secondary N) is 1. The van der Waals surface area contributed by atoms with Gasteiger partial charge < -0.3 is 15.0 Å². The van der Waals surface area contributed by atoms with E-state index in [-0.39, 0.29) is 0 Å². The summed E-state index contributed by atoms with van der Waals surface area (Å²) in [6.07, 6.45) is 5.28. The largest absolute Gasteiger partial charge is 0.380 e. The molecule has 1 saturated carbocycles. The number of nitrogens with zero attached hydrogens (tertiary/aromatic N) is 1. The lowest BCUT2D eigenvalue weighted by Gasteiger charge is -2.35. The topological polar surface area (TPSA) is 24.5 Å². The van der Waals surface area contributed by atoms with Crippen LogP contribution in [0.2, 0.25) is 5.02 Å². The molecule has 0 radical (unpaired) electrons. The van der Waals surface area contributed by atoms with Crippen LogP contribution in [0.4, 0.5) is 5.69 Å². The molecule has 3 rings (SSSR count). The van der Waals surface area contributed by atoms with Gasteiger partial charge in [-0.3, -0.25) is 0 Å². The number of halogens is 1. The second kappa shape index (κ2) is 6.33. The summed E-state index contributed by atoms with van der Waals surface area (Å²) in [4.78, 5) is 2.42. The molecule has 0 bridgehead atoms. The van der Waals surface area contributed by atoms with Crippen molar-refractivity contribution in [1.29, 1.82) is 0 Å². The van der Waals surface area contributed by atoms with Gasteiger partial charge in [0.1, 0.15) is 0 Å². The third kappa shape index (κ3) is 3.27. The van der Waals surface area contributed by atoms with E-state index in [9.17, 15) is 0 Å². The number of ether oxygens (including phenoxy) is 1. The molecule has 1 atom stereocenters. The highest BCUT2D eigenvalue weighted by Crippen LogP contribution is 2.31. The Labute approximate surface area is 126 Å². The molecule has 110 valence electrons. The summed E-state index contributed by atoms with van der Waals surface area (Å²) in [5.74, 6) is 0. The Balaban J connectivity index is 1.77. The lowest BCUT2D eigenvalue weighted by atomic mass is 10.0. The lowest BCUT2D eigenvalue weighted by Crippen LogP contribution is -2.40. The third-order valence-corrected chi connectivity index (χ3v) is 4.65. The van der Waals surface area contributed by atoms with Crippen LogP contribution in [0.3, 0.4) is 0 Å². The molecule has 0 aromatic heterocycles. The van der Waals surface area contributed by atoms with Gasteiger partial charge in [0.25, 0.3) is 0 Å². The van der Waals surface area contributed by atoms with Crippen molar-refractivity contribution < 1.29 is 4.74 Å². The van der Waals surface area contributed by atoms with Crippen molar-refractivity contribution in [1.82, 2.24) is 5.32 Å². The molecule has 20 heavy (non-hydrogen) atoms. The standard InChI is InChI=1S/C16H23ClN2O/c1-20-13-4-3-9-19(11-13)16-6-2-5-15(17)14(16)10-18-12-7-8-12/h2,5-6,12-13,18H,3-4,7-11H2,1H3. The molecule has 1 N–H and O–H groups in total. The normalized spacial score (nSPS) is 23.1. The predicted octanol–water partition coefficient (Wildman–Crippen LogP) is 3.21. The van der Waals surface area contributed by atoms with Crippen LogP contribution < -0.4 is 10.2 Å². The van der Waals surface area contributed by atoms with Crippen molar-refractivity contribution in [2.45, 2.75) is 44.4 Å². The van der Waals surface area contributed by atoms with Gasteiger partial charge in [-0.25, -0.2) is 0 Å². The number of rotatable bonds is 5. The monoisotopic (exact) mass is 294 g/mol. The molecule has 1 aliphatic heterocycles. The summed E-state index contributed by atoms with van der Waals surface area (Å²) < 4.78 is 5.53. The van der Waals surface area contributed by atoms with Crippen LogP contribution >= 0.6 is 11.6 Å². The Morgan fingerprint density at radius 1 is 1.35 bits per heavy atom. The SMILES string of the molecule is COC1CCCN(c2cccc(Cl)c2CNC2CC2)C1. The molecule has 4 heteroatoms. The molecular weight excluding hydrogens is 272 g/mol. The summed E-state index contributed by atoms with van der Waals surface area (Å²) in [6.45, 7) is 2.93. The molecule has 1 aromatic rings. The van der Waals surface area contributed by atoms with Gasteiger partial charge in [0, 0.05) is 49.1 Å². The van der Waals surface area contributed by atoms with Crippen LogP contribution in [0.25, 0.3) is 0 Å². The average Bonchev–Trinajstić information content (AvgIpc) is 3.30. The molecular formula is C16H23ClN2O. The second-order valence-corrected chi connectivity index (χ2v) is 6.25. The van der Waals surface area contributed by atoms with Crippen molar-refractivity contribution in [3.8, 4) is 0 Å². The van der Waals surface area contributed by atoms with Crippen molar-refractivity contribution in [3.63, 3.8) is 0 Å². The van der Waals surface area contributed by atoms with E-state index in [0.717, 1.165) is 31.1 Å². The molecule has 3 nitrogen and oxygen atoms in total. The summed E-state index contributed by atoms with van der Waals surface area (Å²) in [6, 6.07) is 6.93. The minimum Gasteiger partial charge on any atom is -0.380 e. The number of methoxy groups -OCH3 is 1. The fourth-order valence-electron chi connectivity index (χ4n) is 2.90. The van der Waals surface area contributed by atoms with Gasteiger partial charge in [0.05, 0.1) is 6.10 Å². The molecule has 0 amide bonds. The van der Waals surface area contributed by atoms with Gasteiger partial charge in [-0.2, -0.15) is 0 Å². The first-order valence-corrected chi connectivity index (χ1v) is 7.94. The third-order valence-electron chi connectivity index (χ3n) is 4.29. The van der Waals surface area contributed by atoms with Crippen LogP contribution in [0, 0.1) is 0 Å². The fourth-order valence-corrected chi connectivity index (χ4v) is 3.14. The molecule has 1 saturated heterocycles. The Morgan fingerprint density at radius 2 is 2.20 bits per heavy atom. The number of anilines is 1. The number of benzene rings is 1. The summed E-state index contributed by atoms with van der Waals surface area (Å²) in [5.41, 5.74) is 2.50. The molecule has 1 unspecified atom stereocenters. The maximum Gasteiger partial charge on any atom is 0.0746 e. The van der Waals surface area contributed by atoms with Crippen LogP contribution in [-0.4, -0.2) is 32.3 Å². The highest BCUT2D eigenvalue weighted by Gasteiger charge is 2.24. The van der Waals surface area contributed by atoms with Crippen LogP contribution in [0.5, 0.6) is 0 Å². The summed E-state index contributed by atoms with van der Waals surface area (Å²) in [5, 5.41) is 4.45. The summed E-state index contributed by atoms with van der Waals surface area (Å²) in [7, 11) is 1.81. The molecule has 1 aromatic carbocycles. The minimum absolute atomic E-state index is 0.340. The minimum atomic E-state index is 0.340. The Hall–Kier alpha value is -0.770. The van der Waals surface area contributed by atoms with Crippen molar-refractivity contribution in [2.75, 3.05) is 25.1 Å². The van der Waals surface area contributed by atoms with E-state index in [1.54, 1.807) is 0 Å².